The van der Waals surface area contributed by atoms with Gasteiger partial charge in [0.05, 0.1) is 13.7 Å². The van der Waals surface area contributed by atoms with Crippen LogP contribution in [0.5, 0.6) is 17.2 Å². The van der Waals surface area contributed by atoms with Crippen molar-refractivity contribution in [2.45, 2.75) is 37.6 Å². The van der Waals surface area contributed by atoms with E-state index in [4.69, 9.17) is 18.9 Å². The molecule has 1 aliphatic heterocycles. The summed E-state index contributed by atoms with van der Waals surface area (Å²) in [7, 11) is 1.51. The maximum absolute atomic E-state index is 11.7. The van der Waals surface area contributed by atoms with Crippen LogP contribution in [0.1, 0.15) is 24.0 Å². The van der Waals surface area contributed by atoms with Gasteiger partial charge >= 0.3 is 5.97 Å². The summed E-state index contributed by atoms with van der Waals surface area (Å²) in [4.78, 5) is 11.7. The van der Waals surface area contributed by atoms with Gasteiger partial charge in [0.15, 0.2) is 17.1 Å². The molecule has 1 fully saturated rings. The molecule has 2 unspecified atom stereocenters. The third kappa shape index (κ3) is 5.88. The second-order valence-corrected chi connectivity index (χ2v) is 7.49. The molecule has 3 N–H and O–H groups in total. The molecule has 0 aromatic heterocycles. The van der Waals surface area contributed by atoms with Crippen molar-refractivity contribution in [3.8, 4) is 17.2 Å². The Morgan fingerprint density at radius 1 is 1.13 bits per heavy atom. The monoisotopic (exact) mass is 432 g/mol. The zero-order chi connectivity index (χ0) is 22.3. The number of carbonyl (C=O) groups is 1. The number of methoxy groups -OCH3 is 1. The van der Waals surface area contributed by atoms with Gasteiger partial charge in [-0.15, -0.1) is 0 Å². The van der Waals surface area contributed by atoms with Crippen molar-refractivity contribution in [3.63, 3.8) is 0 Å². The van der Waals surface area contributed by atoms with E-state index >= 15 is 0 Å². The van der Waals surface area contributed by atoms with Gasteiger partial charge in [-0.25, -0.2) is 4.79 Å². The Morgan fingerprint density at radius 2 is 1.94 bits per heavy atom. The lowest BCUT2D eigenvalue weighted by atomic mass is 9.91. The first-order chi connectivity index (χ1) is 15.0. The highest BCUT2D eigenvalue weighted by Crippen LogP contribution is 2.31. The molecule has 1 aliphatic rings. The molecule has 31 heavy (non-hydrogen) atoms. The van der Waals surface area contributed by atoms with Crippen molar-refractivity contribution in [2.24, 2.45) is 0 Å². The van der Waals surface area contributed by atoms with Gasteiger partial charge in [-0.3, -0.25) is 0 Å². The van der Waals surface area contributed by atoms with Crippen molar-refractivity contribution >= 4 is 5.97 Å². The van der Waals surface area contributed by atoms with E-state index in [-0.39, 0.29) is 26.2 Å². The van der Waals surface area contributed by atoms with E-state index in [0.717, 1.165) is 12.0 Å². The van der Waals surface area contributed by atoms with Gasteiger partial charge in [-0.1, -0.05) is 18.2 Å². The molecule has 168 valence electrons. The van der Waals surface area contributed by atoms with Gasteiger partial charge in [0.25, 0.3) is 0 Å². The van der Waals surface area contributed by atoms with Gasteiger partial charge in [0.2, 0.25) is 0 Å². The van der Waals surface area contributed by atoms with Gasteiger partial charge in [0, 0.05) is 13.0 Å². The molecule has 0 saturated carbocycles. The van der Waals surface area contributed by atoms with Crippen LogP contribution in [0.25, 0.3) is 0 Å². The summed E-state index contributed by atoms with van der Waals surface area (Å²) >= 11 is 0. The maximum Gasteiger partial charge on any atom is 0.336 e. The number of aliphatic hydroxyl groups is 2. The molecule has 0 radical (unpaired) electrons. The topological polar surface area (TPSA) is 115 Å². The lowest BCUT2D eigenvalue weighted by Gasteiger charge is -2.23. The fourth-order valence-corrected chi connectivity index (χ4v) is 3.51. The summed E-state index contributed by atoms with van der Waals surface area (Å²) in [5, 5.41) is 29.1. The van der Waals surface area contributed by atoms with Crippen LogP contribution in [0.3, 0.4) is 0 Å². The van der Waals surface area contributed by atoms with E-state index in [0.29, 0.717) is 35.8 Å². The predicted molar refractivity (Wildman–Crippen MR) is 112 cm³/mol. The fraction of sp³-hybridized carbons (Fsp3) is 0.435. The minimum absolute atomic E-state index is 0.00790. The molecule has 8 nitrogen and oxygen atoms in total. The Hall–Kier alpha value is -2.81. The molecule has 0 aliphatic carbocycles. The zero-order valence-corrected chi connectivity index (χ0v) is 17.5. The van der Waals surface area contributed by atoms with Crippen LogP contribution < -0.4 is 14.2 Å². The lowest BCUT2D eigenvalue weighted by molar-refractivity contribution is -0.159. The van der Waals surface area contributed by atoms with Crippen LogP contribution in [0.2, 0.25) is 0 Å². The molecule has 2 aromatic carbocycles. The second-order valence-electron chi connectivity index (χ2n) is 7.49. The van der Waals surface area contributed by atoms with E-state index < -0.39 is 17.7 Å². The number of hydrogen-bond acceptors (Lipinski definition) is 7. The minimum atomic E-state index is -1.19. The van der Waals surface area contributed by atoms with Crippen molar-refractivity contribution < 1.29 is 39.1 Å². The average Bonchev–Trinajstić information content (AvgIpc) is 3.26. The molecule has 3 rings (SSSR count). The van der Waals surface area contributed by atoms with Crippen LogP contribution in [0.15, 0.2) is 42.5 Å². The van der Waals surface area contributed by atoms with Crippen LogP contribution in [-0.4, -0.2) is 59.9 Å². The number of aliphatic hydroxyl groups excluding tert-OH is 2. The Morgan fingerprint density at radius 3 is 2.61 bits per heavy atom. The standard InChI is InChI=1S/C23H28O8/c1-28-20-7-6-17(13-24)11-21(20)30-15-18(25)14-29-19-5-2-4-16(10-19)12-23(22(26)27)8-3-9-31-23/h2,4-7,10-11,18,24-25H,3,8-9,12-15H2,1H3,(H,26,27). The van der Waals surface area contributed by atoms with Crippen molar-refractivity contribution in [3.05, 3.63) is 53.6 Å². The van der Waals surface area contributed by atoms with Gasteiger partial charge in [0.1, 0.15) is 25.1 Å². The molecule has 8 heteroatoms. The first kappa shape index (κ1) is 22.9. The van der Waals surface area contributed by atoms with Crippen LogP contribution in [0, 0.1) is 0 Å². The first-order valence-corrected chi connectivity index (χ1v) is 10.1. The Kier molecular flexibility index (Phi) is 7.73. The molecule has 0 spiro atoms. The third-order valence-electron chi connectivity index (χ3n) is 5.17. The average molecular weight is 432 g/mol. The molecule has 0 amide bonds. The van der Waals surface area contributed by atoms with E-state index in [1.54, 1.807) is 36.4 Å². The lowest BCUT2D eigenvalue weighted by Crippen LogP contribution is -2.40. The fourth-order valence-electron chi connectivity index (χ4n) is 3.51. The quantitative estimate of drug-likeness (QED) is 0.495. The second kappa shape index (κ2) is 10.5. The molecular formula is C23H28O8. The normalized spacial score (nSPS) is 19.1. The summed E-state index contributed by atoms with van der Waals surface area (Å²) in [6.45, 7) is 0.282. The van der Waals surface area contributed by atoms with Crippen LogP contribution in [-0.2, 0) is 22.6 Å². The smallest absolute Gasteiger partial charge is 0.336 e. The van der Waals surface area contributed by atoms with Crippen LogP contribution >= 0.6 is 0 Å². The first-order valence-electron chi connectivity index (χ1n) is 10.1. The largest absolute Gasteiger partial charge is 0.493 e. The highest BCUT2D eigenvalue weighted by atomic mass is 16.5. The van der Waals surface area contributed by atoms with E-state index in [1.165, 1.54) is 7.11 Å². The molecule has 0 bridgehead atoms. The highest BCUT2D eigenvalue weighted by Gasteiger charge is 2.42. The summed E-state index contributed by atoms with van der Waals surface area (Å²) < 4.78 is 22.0. The number of carboxylic acid groups (broad SMARTS) is 1. The van der Waals surface area contributed by atoms with E-state index in [1.807, 2.05) is 6.07 Å². The Balaban J connectivity index is 1.54. The van der Waals surface area contributed by atoms with E-state index in [2.05, 4.69) is 0 Å². The Labute approximate surface area is 180 Å². The summed E-state index contributed by atoms with van der Waals surface area (Å²) in [6.07, 6.45) is 0.548. The Bertz CT molecular complexity index is 876. The number of benzene rings is 2. The molecule has 1 heterocycles. The SMILES string of the molecule is COc1ccc(CO)cc1OCC(O)COc1cccc(CC2(C(=O)O)CCCO2)c1. The van der Waals surface area contributed by atoms with E-state index in [9.17, 15) is 20.1 Å². The number of hydrogen-bond donors (Lipinski definition) is 3. The molecule has 2 atom stereocenters. The highest BCUT2D eigenvalue weighted by molar-refractivity contribution is 5.78. The number of rotatable bonds is 11. The van der Waals surface area contributed by atoms with Gasteiger partial charge in [-0.05, 0) is 48.2 Å². The summed E-state index contributed by atoms with van der Waals surface area (Å²) in [5.41, 5.74) is 0.274. The molecule has 2 aromatic rings. The summed E-state index contributed by atoms with van der Waals surface area (Å²) in [6, 6.07) is 12.2. The molecule has 1 saturated heterocycles. The maximum atomic E-state index is 11.7. The minimum Gasteiger partial charge on any atom is -0.493 e. The predicted octanol–water partition coefficient (Wildman–Crippen LogP) is 2.18. The van der Waals surface area contributed by atoms with Crippen molar-refractivity contribution in [2.75, 3.05) is 26.9 Å². The van der Waals surface area contributed by atoms with Gasteiger partial charge in [-0.2, -0.15) is 0 Å². The summed E-state index contributed by atoms with van der Waals surface area (Å²) in [5.74, 6) is 0.490. The number of carboxylic acids is 1. The molecular weight excluding hydrogens is 404 g/mol. The third-order valence-corrected chi connectivity index (χ3v) is 5.17. The van der Waals surface area contributed by atoms with Gasteiger partial charge < -0.3 is 34.3 Å². The number of aliphatic carboxylic acids is 1. The van der Waals surface area contributed by atoms with Crippen molar-refractivity contribution in [1.29, 1.82) is 0 Å². The van der Waals surface area contributed by atoms with Crippen LogP contribution in [0.4, 0.5) is 0 Å². The zero-order valence-electron chi connectivity index (χ0n) is 17.5. The van der Waals surface area contributed by atoms with Crippen molar-refractivity contribution in [1.82, 2.24) is 0 Å². The number of ether oxygens (including phenoxy) is 4.